The molecule has 2 saturated heterocycles. The van der Waals surface area contributed by atoms with Crippen LogP contribution in [0.2, 0.25) is 0 Å². The number of rotatable bonds is 9. The lowest BCUT2D eigenvalue weighted by molar-refractivity contribution is 0.150. The topological polar surface area (TPSA) is 87.6 Å². The van der Waals surface area contributed by atoms with Crippen molar-refractivity contribution >= 4 is 5.96 Å². The molecule has 1 aromatic carbocycles. The number of ether oxygens (including phenoxy) is 3. The first-order valence-electron chi connectivity index (χ1n) is 11.4. The number of guanidine groups is 1. The van der Waals surface area contributed by atoms with Gasteiger partial charge in [-0.3, -0.25) is 4.99 Å². The van der Waals surface area contributed by atoms with Crippen molar-refractivity contribution < 1.29 is 19.3 Å². The normalized spacial score (nSPS) is 21.7. The average molecular weight is 435 g/mol. The number of aliphatic imine (C=N–C) groups is 1. The highest BCUT2D eigenvalue weighted by molar-refractivity contribution is 5.80. The summed E-state index contributed by atoms with van der Waals surface area (Å²) < 4.78 is 16.2. The predicted molar refractivity (Wildman–Crippen MR) is 122 cm³/mol. The summed E-state index contributed by atoms with van der Waals surface area (Å²) in [5, 5.41) is 17.6. The lowest BCUT2D eigenvalue weighted by Gasteiger charge is -2.34. The van der Waals surface area contributed by atoms with Crippen LogP contribution in [-0.2, 0) is 4.74 Å². The molecule has 2 fully saturated rings. The van der Waals surface area contributed by atoms with Crippen molar-refractivity contribution in [2.45, 2.75) is 38.3 Å². The van der Waals surface area contributed by atoms with Crippen molar-refractivity contribution in [2.75, 3.05) is 60.2 Å². The van der Waals surface area contributed by atoms with Gasteiger partial charge in [-0.1, -0.05) is 0 Å². The molecule has 2 atom stereocenters. The van der Waals surface area contributed by atoms with Gasteiger partial charge in [-0.15, -0.1) is 0 Å². The fraction of sp³-hybridized carbons (Fsp3) is 0.696. The molecule has 0 bridgehead atoms. The Bertz CT molecular complexity index is 701. The number of aliphatic hydroxyl groups is 1. The van der Waals surface area contributed by atoms with E-state index in [0.717, 1.165) is 58.2 Å². The molecule has 31 heavy (non-hydrogen) atoms. The molecule has 0 spiro atoms. The molecule has 3 rings (SSSR count). The molecule has 3 N–H and O–H groups in total. The van der Waals surface area contributed by atoms with Crippen molar-refractivity contribution in [2.24, 2.45) is 10.9 Å². The van der Waals surface area contributed by atoms with Gasteiger partial charge >= 0.3 is 0 Å². The average Bonchev–Trinajstić information content (AvgIpc) is 3.31. The van der Waals surface area contributed by atoms with Crippen LogP contribution in [-0.4, -0.2) is 82.2 Å². The Morgan fingerprint density at radius 2 is 2.06 bits per heavy atom. The number of nitrogens with zero attached hydrogens (tertiary/aromatic N) is 2. The minimum Gasteiger partial charge on any atom is -0.497 e. The van der Waals surface area contributed by atoms with E-state index < -0.39 is 6.10 Å². The molecule has 0 amide bonds. The van der Waals surface area contributed by atoms with Crippen molar-refractivity contribution in [1.82, 2.24) is 15.5 Å². The maximum atomic E-state index is 10.7. The number of nitrogens with one attached hydrogen (secondary N) is 2. The van der Waals surface area contributed by atoms with Gasteiger partial charge in [0.15, 0.2) is 5.96 Å². The molecule has 1 aromatic rings. The first-order chi connectivity index (χ1) is 15.1. The minimum absolute atomic E-state index is 0.236. The van der Waals surface area contributed by atoms with Gasteiger partial charge in [0.25, 0.3) is 0 Å². The summed E-state index contributed by atoms with van der Waals surface area (Å²) in [4.78, 5) is 7.19. The number of benzene rings is 1. The Labute approximate surface area is 186 Å². The van der Waals surface area contributed by atoms with E-state index in [4.69, 9.17) is 14.2 Å². The van der Waals surface area contributed by atoms with E-state index in [9.17, 15) is 5.11 Å². The van der Waals surface area contributed by atoms with Gasteiger partial charge in [0.1, 0.15) is 17.6 Å². The lowest BCUT2D eigenvalue weighted by Crippen LogP contribution is -2.49. The predicted octanol–water partition coefficient (Wildman–Crippen LogP) is 1.79. The van der Waals surface area contributed by atoms with Crippen molar-refractivity contribution in [3.05, 3.63) is 23.8 Å². The van der Waals surface area contributed by atoms with E-state index in [-0.39, 0.29) is 6.54 Å². The highest BCUT2D eigenvalue weighted by Crippen LogP contribution is 2.29. The van der Waals surface area contributed by atoms with Gasteiger partial charge in [0.05, 0.1) is 27.4 Å². The monoisotopic (exact) mass is 434 g/mol. The van der Waals surface area contributed by atoms with E-state index >= 15 is 0 Å². The molecular weight excluding hydrogens is 396 g/mol. The van der Waals surface area contributed by atoms with Crippen LogP contribution in [0, 0.1) is 5.92 Å². The fourth-order valence-electron chi connectivity index (χ4n) is 4.24. The van der Waals surface area contributed by atoms with Crippen LogP contribution in [0.1, 0.15) is 37.9 Å². The van der Waals surface area contributed by atoms with E-state index in [2.05, 4.69) is 20.5 Å². The molecule has 2 heterocycles. The van der Waals surface area contributed by atoms with E-state index in [1.54, 1.807) is 26.4 Å². The second-order valence-corrected chi connectivity index (χ2v) is 8.29. The maximum absolute atomic E-state index is 10.7. The Morgan fingerprint density at radius 3 is 2.71 bits per heavy atom. The first kappa shape index (κ1) is 23.6. The summed E-state index contributed by atoms with van der Waals surface area (Å²) in [6.45, 7) is 8.22. The van der Waals surface area contributed by atoms with Gasteiger partial charge in [-0.2, -0.15) is 0 Å². The minimum atomic E-state index is -0.781. The van der Waals surface area contributed by atoms with Crippen LogP contribution in [0.15, 0.2) is 23.2 Å². The SMILES string of the molecule is CCNC(=NCC(O)c1cc(OC)ccc1OC)NC1CCN(CC2CCOC2)CC1. The number of hydrogen-bond acceptors (Lipinski definition) is 6. The molecule has 0 radical (unpaired) electrons. The summed E-state index contributed by atoms with van der Waals surface area (Å²) in [5.41, 5.74) is 0.672. The zero-order valence-corrected chi connectivity index (χ0v) is 19.1. The van der Waals surface area contributed by atoms with E-state index in [1.807, 2.05) is 13.0 Å². The molecule has 2 unspecified atom stereocenters. The molecule has 0 saturated carbocycles. The summed E-state index contributed by atoms with van der Waals surface area (Å²) in [7, 11) is 3.20. The summed E-state index contributed by atoms with van der Waals surface area (Å²) in [6.07, 6.45) is 2.58. The van der Waals surface area contributed by atoms with Gasteiger partial charge in [0.2, 0.25) is 0 Å². The fourth-order valence-corrected chi connectivity index (χ4v) is 4.24. The van der Waals surface area contributed by atoms with Crippen molar-refractivity contribution in [3.63, 3.8) is 0 Å². The van der Waals surface area contributed by atoms with E-state index in [1.165, 1.54) is 6.42 Å². The number of aliphatic hydroxyl groups excluding tert-OH is 1. The summed E-state index contributed by atoms with van der Waals surface area (Å²) in [5.74, 6) is 2.74. The zero-order chi connectivity index (χ0) is 22.1. The Balaban J connectivity index is 1.53. The van der Waals surface area contributed by atoms with Gasteiger partial charge in [0, 0.05) is 44.4 Å². The molecule has 8 heteroatoms. The smallest absolute Gasteiger partial charge is 0.191 e. The van der Waals surface area contributed by atoms with Crippen LogP contribution in [0.5, 0.6) is 11.5 Å². The van der Waals surface area contributed by atoms with Crippen LogP contribution in [0.4, 0.5) is 0 Å². The van der Waals surface area contributed by atoms with E-state index in [0.29, 0.717) is 29.0 Å². The zero-order valence-electron chi connectivity index (χ0n) is 19.1. The summed E-state index contributed by atoms with van der Waals surface area (Å²) in [6, 6.07) is 5.80. The Hall–Kier alpha value is -2.03. The molecule has 2 aliphatic rings. The molecule has 0 aromatic heterocycles. The van der Waals surface area contributed by atoms with Gasteiger partial charge in [-0.05, 0) is 50.3 Å². The maximum Gasteiger partial charge on any atom is 0.191 e. The lowest BCUT2D eigenvalue weighted by atomic mass is 10.0. The van der Waals surface area contributed by atoms with Crippen LogP contribution >= 0.6 is 0 Å². The van der Waals surface area contributed by atoms with Crippen molar-refractivity contribution in [1.29, 1.82) is 0 Å². The van der Waals surface area contributed by atoms with Crippen LogP contribution in [0.25, 0.3) is 0 Å². The van der Waals surface area contributed by atoms with Gasteiger partial charge in [-0.25, -0.2) is 0 Å². The largest absolute Gasteiger partial charge is 0.497 e. The second-order valence-electron chi connectivity index (χ2n) is 8.29. The molecule has 174 valence electrons. The highest BCUT2D eigenvalue weighted by Gasteiger charge is 2.24. The second kappa shape index (κ2) is 12.1. The third-order valence-corrected chi connectivity index (χ3v) is 6.03. The first-order valence-corrected chi connectivity index (χ1v) is 11.4. The molecule has 2 aliphatic heterocycles. The van der Waals surface area contributed by atoms with Gasteiger partial charge < -0.3 is 34.9 Å². The Morgan fingerprint density at radius 1 is 1.26 bits per heavy atom. The third-order valence-electron chi connectivity index (χ3n) is 6.03. The molecule has 8 nitrogen and oxygen atoms in total. The third kappa shape index (κ3) is 6.98. The molecule has 0 aliphatic carbocycles. The highest BCUT2D eigenvalue weighted by atomic mass is 16.5. The molecular formula is C23H38N4O4. The number of piperidine rings is 1. The number of hydrogen-bond donors (Lipinski definition) is 3. The van der Waals surface area contributed by atoms with Crippen molar-refractivity contribution in [3.8, 4) is 11.5 Å². The number of likely N-dealkylation sites (tertiary alicyclic amines) is 1. The Kier molecular flexibility index (Phi) is 9.24. The van der Waals surface area contributed by atoms with Crippen LogP contribution in [0.3, 0.4) is 0 Å². The van der Waals surface area contributed by atoms with Crippen LogP contribution < -0.4 is 20.1 Å². The standard InChI is InChI=1S/C23H38N4O4/c1-4-24-23(25-14-21(28)20-13-19(29-2)5-6-22(20)30-3)26-18-7-10-27(11-8-18)15-17-9-12-31-16-17/h5-6,13,17-18,21,28H,4,7-12,14-16H2,1-3H3,(H2,24,25,26). The summed E-state index contributed by atoms with van der Waals surface area (Å²) >= 11 is 0. The number of methoxy groups -OCH3 is 2. The quantitative estimate of drug-likeness (QED) is 0.403.